The van der Waals surface area contributed by atoms with Gasteiger partial charge >= 0.3 is 0 Å². The quantitative estimate of drug-likeness (QED) is 0.632. The van der Waals surface area contributed by atoms with Gasteiger partial charge in [0.15, 0.2) is 0 Å². The van der Waals surface area contributed by atoms with Crippen LogP contribution in [0.3, 0.4) is 0 Å². The lowest BCUT2D eigenvalue weighted by Crippen LogP contribution is -2.22. The third-order valence-corrected chi connectivity index (χ3v) is 5.21. The molecular weight excluding hydrogens is 314 g/mol. The fourth-order valence-corrected chi connectivity index (χ4v) is 3.99. The van der Waals surface area contributed by atoms with E-state index in [1.165, 1.54) is 60.3 Å². The summed E-state index contributed by atoms with van der Waals surface area (Å²) in [4.78, 5) is 27.3. The highest BCUT2D eigenvalue weighted by atomic mass is 32.1. The summed E-state index contributed by atoms with van der Waals surface area (Å²) in [5.41, 5.74) is 1.22. The largest absolute Gasteiger partial charge is 0.302 e. The van der Waals surface area contributed by atoms with Gasteiger partial charge in [-0.1, -0.05) is 19.3 Å². The van der Waals surface area contributed by atoms with Crippen LogP contribution in [0.4, 0.5) is 5.69 Å². The van der Waals surface area contributed by atoms with Gasteiger partial charge in [0, 0.05) is 22.9 Å². The second-order valence-corrected chi connectivity index (χ2v) is 7.02. The van der Waals surface area contributed by atoms with Crippen LogP contribution in [0.15, 0.2) is 22.4 Å². The Balaban J connectivity index is 1.83. The maximum absolute atomic E-state index is 12.2. The topological polar surface area (TPSA) is 78.0 Å². The molecular formula is C16H19N3O3S. The molecule has 1 fully saturated rings. The number of rotatable bonds is 4. The van der Waals surface area contributed by atoms with Gasteiger partial charge < -0.3 is 4.57 Å². The lowest BCUT2D eigenvalue weighted by atomic mass is 9.87. The molecule has 1 saturated carbocycles. The van der Waals surface area contributed by atoms with Crippen LogP contribution >= 0.6 is 11.3 Å². The van der Waals surface area contributed by atoms with Crippen molar-refractivity contribution in [1.82, 2.24) is 9.55 Å². The Bertz CT molecular complexity index is 775. The Morgan fingerprint density at radius 2 is 2.13 bits per heavy atom. The molecule has 7 heteroatoms. The maximum atomic E-state index is 12.2. The lowest BCUT2D eigenvalue weighted by Gasteiger charge is -2.19. The van der Waals surface area contributed by atoms with Gasteiger partial charge in [-0.2, -0.15) is 0 Å². The fourth-order valence-electron chi connectivity index (χ4n) is 3.11. The first kappa shape index (κ1) is 15.9. The van der Waals surface area contributed by atoms with E-state index in [1.807, 2.05) is 0 Å². The van der Waals surface area contributed by atoms with E-state index >= 15 is 0 Å². The molecule has 0 bridgehead atoms. The van der Waals surface area contributed by atoms with Crippen molar-refractivity contribution >= 4 is 17.0 Å². The summed E-state index contributed by atoms with van der Waals surface area (Å²) in [6.45, 7) is 1.89. The van der Waals surface area contributed by atoms with Crippen molar-refractivity contribution in [3.63, 3.8) is 0 Å². The van der Waals surface area contributed by atoms with E-state index in [0.29, 0.717) is 18.0 Å². The molecule has 0 radical (unpaired) electrons. The second-order valence-electron chi connectivity index (χ2n) is 6.07. The molecule has 6 nitrogen and oxygen atoms in total. The van der Waals surface area contributed by atoms with E-state index in [9.17, 15) is 14.9 Å². The van der Waals surface area contributed by atoms with Gasteiger partial charge in [0.05, 0.1) is 23.4 Å². The molecule has 122 valence electrons. The normalized spacial score (nSPS) is 15.7. The van der Waals surface area contributed by atoms with E-state index in [4.69, 9.17) is 0 Å². The number of aromatic nitrogens is 2. The zero-order chi connectivity index (χ0) is 16.4. The van der Waals surface area contributed by atoms with Gasteiger partial charge in [-0.05, 0) is 19.8 Å². The minimum absolute atomic E-state index is 0.0637. The number of hydrogen-bond acceptors (Lipinski definition) is 5. The van der Waals surface area contributed by atoms with Gasteiger partial charge in [0.25, 0.3) is 11.2 Å². The van der Waals surface area contributed by atoms with Crippen molar-refractivity contribution in [2.45, 2.75) is 51.5 Å². The predicted molar refractivity (Wildman–Crippen MR) is 89.1 cm³/mol. The van der Waals surface area contributed by atoms with Crippen LogP contribution in [0.2, 0.25) is 0 Å². The molecule has 0 amide bonds. The number of nitrogens with zero attached hydrogens (tertiary/aromatic N) is 3. The van der Waals surface area contributed by atoms with Crippen LogP contribution < -0.4 is 5.56 Å². The van der Waals surface area contributed by atoms with Crippen LogP contribution in [0.5, 0.6) is 0 Å². The van der Waals surface area contributed by atoms with E-state index in [-0.39, 0.29) is 11.2 Å². The summed E-state index contributed by atoms with van der Waals surface area (Å²) < 4.78 is 1.39. The van der Waals surface area contributed by atoms with E-state index in [1.54, 1.807) is 6.92 Å². The van der Waals surface area contributed by atoms with Gasteiger partial charge in [0.1, 0.15) is 5.01 Å². The van der Waals surface area contributed by atoms with Gasteiger partial charge in [-0.3, -0.25) is 14.9 Å². The number of pyridine rings is 1. The molecule has 0 atom stereocenters. The molecule has 1 aliphatic rings. The van der Waals surface area contributed by atoms with Crippen molar-refractivity contribution in [2.75, 3.05) is 0 Å². The van der Waals surface area contributed by atoms with E-state index in [2.05, 4.69) is 10.4 Å². The lowest BCUT2D eigenvalue weighted by molar-refractivity contribution is -0.385. The molecule has 0 aliphatic heterocycles. The van der Waals surface area contributed by atoms with Crippen molar-refractivity contribution in [2.24, 2.45) is 0 Å². The van der Waals surface area contributed by atoms with Crippen LogP contribution in [-0.2, 0) is 6.54 Å². The Morgan fingerprint density at radius 3 is 2.83 bits per heavy atom. The summed E-state index contributed by atoms with van der Waals surface area (Å²) in [6, 6.07) is 1.31. The first-order chi connectivity index (χ1) is 11.0. The highest BCUT2D eigenvalue weighted by molar-refractivity contribution is 7.09. The summed E-state index contributed by atoms with van der Waals surface area (Å²) in [5, 5.41) is 13.9. The van der Waals surface area contributed by atoms with Gasteiger partial charge in [-0.25, -0.2) is 4.98 Å². The summed E-state index contributed by atoms with van der Waals surface area (Å²) in [6.07, 6.45) is 7.47. The minimum Gasteiger partial charge on any atom is -0.302 e. The molecule has 1 aliphatic carbocycles. The molecule has 0 saturated heterocycles. The SMILES string of the molecule is Cc1cc([N+](=O)[O-])cn(Cc2nc(C3CCCCC3)cs2)c1=O. The Hall–Kier alpha value is -2.02. The molecule has 2 heterocycles. The van der Waals surface area contributed by atoms with Gasteiger partial charge in [-0.15, -0.1) is 11.3 Å². The van der Waals surface area contributed by atoms with Crippen LogP contribution in [0.1, 0.15) is 54.3 Å². The van der Waals surface area contributed by atoms with E-state index in [0.717, 1.165) is 10.7 Å². The van der Waals surface area contributed by atoms with Gasteiger partial charge in [0.2, 0.25) is 0 Å². The predicted octanol–water partition coefficient (Wildman–Crippen LogP) is 3.62. The van der Waals surface area contributed by atoms with Crippen LogP contribution in [0, 0.1) is 17.0 Å². The van der Waals surface area contributed by atoms with Crippen LogP contribution in [-0.4, -0.2) is 14.5 Å². The highest BCUT2D eigenvalue weighted by Crippen LogP contribution is 2.33. The molecule has 0 unspecified atom stereocenters. The number of nitro groups is 1. The summed E-state index contributed by atoms with van der Waals surface area (Å²) in [7, 11) is 0. The van der Waals surface area contributed by atoms with Crippen molar-refractivity contribution in [3.05, 3.63) is 54.4 Å². The van der Waals surface area contributed by atoms with Crippen molar-refractivity contribution in [3.8, 4) is 0 Å². The summed E-state index contributed by atoms with van der Waals surface area (Å²) in [5.74, 6) is 0.525. The standard InChI is InChI=1S/C16H19N3O3S/c1-11-7-13(19(21)22)8-18(16(11)20)9-15-17-14(10-23-15)12-5-3-2-4-6-12/h7-8,10,12H,2-6,9H2,1H3. The highest BCUT2D eigenvalue weighted by Gasteiger charge is 2.19. The number of thiazole rings is 1. The molecule has 0 aromatic carbocycles. The molecule has 2 aromatic heterocycles. The van der Waals surface area contributed by atoms with Crippen molar-refractivity contribution < 1.29 is 4.92 Å². The average Bonchev–Trinajstić information content (AvgIpc) is 3.01. The molecule has 0 N–H and O–H groups in total. The number of aryl methyl sites for hydroxylation is 1. The third-order valence-electron chi connectivity index (χ3n) is 4.36. The Morgan fingerprint density at radius 1 is 1.39 bits per heavy atom. The fraction of sp³-hybridized carbons (Fsp3) is 0.500. The molecule has 3 rings (SSSR count). The average molecular weight is 333 g/mol. The first-order valence-electron chi connectivity index (χ1n) is 7.84. The van der Waals surface area contributed by atoms with Crippen LogP contribution in [0.25, 0.3) is 0 Å². The first-order valence-corrected chi connectivity index (χ1v) is 8.72. The summed E-state index contributed by atoms with van der Waals surface area (Å²) >= 11 is 1.53. The monoisotopic (exact) mass is 333 g/mol. The second kappa shape index (κ2) is 6.62. The Kier molecular flexibility index (Phi) is 4.56. The van der Waals surface area contributed by atoms with E-state index < -0.39 is 4.92 Å². The zero-order valence-electron chi connectivity index (χ0n) is 13.0. The molecule has 23 heavy (non-hydrogen) atoms. The van der Waals surface area contributed by atoms with Crippen molar-refractivity contribution in [1.29, 1.82) is 0 Å². The number of hydrogen-bond donors (Lipinski definition) is 0. The Labute approximate surface area is 138 Å². The zero-order valence-corrected chi connectivity index (χ0v) is 13.8. The maximum Gasteiger partial charge on any atom is 0.286 e. The smallest absolute Gasteiger partial charge is 0.286 e. The minimum atomic E-state index is -0.474. The third kappa shape index (κ3) is 3.50. The molecule has 0 spiro atoms. The molecule has 2 aromatic rings.